The van der Waals surface area contributed by atoms with Crippen molar-refractivity contribution < 1.29 is 4.74 Å². The Bertz CT molecular complexity index is 286. The van der Waals surface area contributed by atoms with Crippen molar-refractivity contribution in [2.45, 2.75) is 45.1 Å². The lowest BCUT2D eigenvalue weighted by atomic mass is 9.91. The molecule has 16 heavy (non-hydrogen) atoms. The highest BCUT2D eigenvalue weighted by atomic mass is 16.5. The van der Waals surface area contributed by atoms with E-state index in [4.69, 9.17) is 4.74 Å². The zero-order valence-corrected chi connectivity index (χ0v) is 10.2. The molecule has 0 amide bonds. The molecule has 0 N–H and O–H groups in total. The second-order valence-corrected chi connectivity index (χ2v) is 4.82. The molecule has 1 nitrogen and oxygen atoms in total. The maximum Gasteiger partial charge on any atom is 0.0825 e. The molecule has 0 aromatic heterocycles. The molecule has 1 heteroatoms. The second-order valence-electron chi connectivity index (χ2n) is 4.82. The number of benzene rings is 1. The van der Waals surface area contributed by atoms with Crippen LogP contribution in [0.5, 0.6) is 0 Å². The SMILES string of the molecule is CCCCC1CCC(c2ccccc2)OC1. The number of hydrogen-bond acceptors (Lipinski definition) is 1. The van der Waals surface area contributed by atoms with Crippen LogP contribution in [0.4, 0.5) is 0 Å². The summed E-state index contributed by atoms with van der Waals surface area (Å²) in [5.41, 5.74) is 1.34. The van der Waals surface area contributed by atoms with Crippen LogP contribution in [-0.4, -0.2) is 6.61 Å². The average Bonchev–Trinajstić information content (AvgIpc) is 2.38. The first-order valence-electron chi connectivity index (χ1n) is 6.56. The summed E-state index contributed by atoms with van der Waals surface area (Å²) in [5.74, 6) is 0.805. The van der Waals surface area contributed by atoms with Crippen molar-refractivity contribution in [3.05, 3.63) is 35.9 Å². The Labute approximate surface area is 98.8 Å². The van der Waals surface area contributed by atoms with Crippen LogP contribution in [-0.2, 0) is 4.74 Å². The molecule has 1 aliphatic heterocycles. The molecule has 1 heterocycles. The topological polar surface area (TPSA) is 9.23 Å². The van der Waals surface area contributed by atoms with Gasteiger partial charge in [-0.3, -0.25) is 0 Å². The van der Waals surface area contributed by atoms with Crippen molar-refractivity contribution >= 4 is 0 Å². The molecule has 2 unspecified atom stereocenters. The lowest BCUT2D eigenvalue weighted by Crippen LogP contribution is -2.20. The van der Waals surface area contributed by atoms with Crippen LogP contribution >= 0.6 is 0 Å². The van der Waals surface area contributed by atoms with E-state index in [1.54, 1.807) is 0 Å². The molecule has 88 valence electrons. The Morgan fingerprint density at radius 2 is 2.00 bits per heavy atom. The third-order valence-corrected chi connectivity index (χ3v) is 3.51. The Balaban J connectivity index is 1.81. The zero-order chi connectivity index (χ0) is 11.2. The third-order valence-electron chi connectivity index (χ3n) is 3.51. The summed E-state index contributed by atoms with van der Waals surface area (Å²) in [4.78, 5) is 0. The van der Waals surface area contributed by atoms with Gasteiger partial charge in [-0.25, -0.2) is 0 Å². The molecule has 1 aromatic rings. The quantitative estimate of drug-likeness (QED) is 0.730. The number of unbranched alkanes of at least 4 members (excludes halogenated alkanes) is 1. The predicted octanol–water partition coefficient (Wildman–Crippen LogP) is 4.34. The van der Waals surface area contributed by atoms with E-state index < -0.39 is 0 Å². The molecule has 1 saturated heterocycles. The smallest absolute Gasteiger partial charge is 0.0825 e. The summed E-state index contributed by atoms with van der Waals surface area (Å²) in [6.07, 6.45) is 6.87. The highest BCUT2D eigenvalue weighted by molar-refractivity contribution is 5.17. The molecule has 0 aliphatic carbocycles. The lowest BCUT2D eigenvalue weighted by Gasteiger charge is -2.29. The van der Waals surface area contributed by atoms with Crippen molar-refractivity contribution in [1.82, 2.24) is 0 Å². The minimum Gasteiger partial charge on any atom is -0.373 e. The largest absolute Gasteiger partial charge is 0.373 e. The van der Waals surface area contributed by atoms with Crippen LogP contribution in [0.1, 0.15) is 50.7 Å². The summed E-state index contributed by atoms with van der Waals surface area (Å²) < 4.78 is 5.97. The molecule has 0 saturated carbocycles. The monoisotopic (exact) mass is 218 g/mol. The van der Waals surface area contributed by atoms with E-state index in [0.29, 0.717) is 6.10 Å². The molecule has 1 aliphatic rings. The molecule has 0 radical (unpaired) electrons. The number of hydrogen-bond donors (Lipinski definition) is 0. The summed E-state index contributed by atoms with van der Waals surface area (Å²) in [6, 6.07) is 10.6. The average molecular weight is 218 g/mol. The van der Waals surface area contributed by atoms with E-state index in [0.717, 1.165) is 12.5 Å². The van der Waals surface area contributed by atoms with E-state index in [2.05, 4.69) is 37.3 Å². The Morgan fingerprint density at radius 3 is 2.62 bits per heavy atom. The lowest BCUT2D eigenvalue weighted by molar-refractivity contribution is -0.0197. The summed E-state index contributed by atoms with van der Waals surface area (Å²) >= 11 is 0. The van der Waals surface area contributed by atoms with Crippen LogP contribution in [0.25, 0.3) is 0 Å². The maximum atomic E-state index is 5.97. The van der Waals surface area contributed by atoms with Crippen molar-refractivity contribution in [3.63, 3.8) is 0 Å². The summed E-state index contributed by atoms with van der Waals surface area (Å²) in [6.45, 7) is 3.22. The van der Waals surface area contributed by atoms with Crippen LogP contribution in [0.15, 0.2) is 30.3 Å². The first kappa shape index (κ1) is 11.7. The van der Waals surface area contributed by atoms with E-state index in [9.17, 15) is 0 Å². The van der Waals surface area contributed by atoms with E-state index in [-0.39, 0.29) is 0 Å². The fourth-order valence-corrected chi connectivity index (χ4v) is 2.46. The van der Waals surface area contributed by atoms with Gasteiger partial charge in [0.15, 0.2) is 0 Å². The second kappa shape index (κ2) is 6.05. The Morgan fingerprint density at radius 1 is 1.19 bits per heavy atom. The molecular formula is C15H22O. The van der Waals surface area contributed by atoms with Gasteiger partial charge >= 0.3 is 0 Å². The van der Waals surface area contributed by atoms with Gasteiger partial charge in [0.05, 0.1) is 12.7 Å². The third kappa shape index (κ3) is 3.08. The van der Waals surface area contributed by atoms with Gasteiger partial charge in [-0.1, -0.05) is 50.1 Å². The molecule has 0 bridgehead atoms. The first-order valence-corrected chi connectivity index (χ1v) is 6.56. The zero-order valence-electron chi connectivity index (χ0n) is 10.2. The van der Waals surface area contributed by atoms with Crippen LogP contribution in [0.3, 0.4) is 0 Å². The highest BCUT2D eigenvalue weighted by Gasteiger charge is 2.22. The van der Waals surface area contributed by atoms with Gasteiger partial charge in [-0.2, -0.15) is 0 Å². The molecule has 1 fully saturated rings. The number of ether oxygens (including phenoxy) is 1. The van der Waals surface area contributed by atoms with Crippen LogP contribution < -0.4 is 0 Å². The molecule has 2 atom stereocenters. The molecule has 2 rings (SSSR count). The molecular weight excluding hydrogens is 196 g/mol. The van der Waals surface area contributed by atoms with Crippen molar-refractivity contribution in [2.75, 3.05) is 6.61 Å². The Hall–Kier alpha value is -0.820. The van der Waals surface area contributed by atoms with Crippen molar-refractivity contribution in [3.8, 4) is 0 Å². The van der Waals surface area contributed by atoms with Gasteiger partial charge in [-0.15, -0.1) is 0 Å². The highest BCUT2D eigenvalue weighted by Crippen LogP contribution is 2.32. The first-order chi connectivity index (χ1) is 7.90. The van der Waals surface area contributed by atoms with Gasteiger partial charge in [0.1, 0.15) is 0 Å². The summed E-state index contributed by atoms with van der Waals surface area (Å²) in [7, 11) is 0. The van der Waals surface area contributed by atoms with Gasteiger partial charge in [0.25, 0.3) is 0 Å². The van der Waals surface area contributed by atoms with Gasteiger partial charge < -0.3 is 4.74 Å². The fraction of sp³-hybridized carbons (Fsp3) is 0.600. The van der Waals surface area contributed by atoms with Crippen molar-refractivity contribution in [2.24, 2.45) is 5.92 Å². The van der Waals surface area contributed by atoms with Gasteiger partial charge in [0.2, 0.25) is 0 Å². The normalized spacial score (nSPS) is 25.6. The van der Waals surface area contributed by atoms with Crippen LogP contribution in [0, 0.1) is 5.92 Å². The van der Waals surface area contributed by atoms with Crippen molar-refractivity contribution in [1.29, 1.82) is 0 Å². The van der Waals surface area contributed by atoms with Crippen LogP contribution in [0.2, 0.25) is 0 Å². The number of rotatable bonds is 4. The maximum absolute atomic E-state index is 5.97. The minimum absolute atomic E-state index is 0.346. The predicted molar refractivity (Wildman–Crippen MR) is 67.4 cm³/mol. The summed E-state index contributed by atoms with van der Waals surface area (Å²) in [5, 5.41) is 0. The van der Waals surface area contributed by atoms with E-state index in [1.807, 2.05) is 0 Å². The van der Waals surface area contributed by atoms with E-state index in [1.165, 1.54) is 37.7 Å². The Kier molecular flexibility index (Phi) is 4.41. The standard InChI is InChI=1S/C15H22O/c1-2-3-7-13-10-11-15(16-12-13)14-8-5-4-6-9-14/h4-6,8-9,13,15H,2-3,7,10-12H2,1H3. The molecule has 1 aromatic carbocycles. The molecule has 0 spiro atoms. The van der Waals surface area contributed by atoms with E-state index >= 15 is 0 Å². The van der Waals surface area contributed by atoms with Gasteiger partial charge in [-0.05, 0) is 30.7 Å². The van der Waals surface area contributed by atoms with Gasteiger partial charge in [0, 0.05) is 0 Å². The minimum atomic E-state index is 0.346. The fourth-order valence-electron chi connectivity index (χ4n) is 2.46.